The molecule has 0 aliphatic rings. The van der Waals surface area contributed by atoms with Crippen molar-refractivity contribution in [2.24, 2.45) is 0 Å². The van der Waals surface area contributed by atoms with Crippen LogP contribution < -0.4 is 21.0 Å². The van der Waals surface area contributed by atoms with Gasteiger partial charge in [0.25, 0.3) is 0 Å². The number of rotatable bonds is 5. The molecule has 0 unspecified atom stereocenters. The molecular weight excluding hydrogens is 700 g/mol. The summed E-state index contributed by atoms with van der Waals surface area (Å²) in [6.45, 7) is 6.60. The van der Waals surface area contributed by atoms with Crippen LogP contribution in [-0.2, 0) is 26.5 Å². The molecule has 4 aromatic carbocycles. The van der Waals surface area contributed by atoms with Crippen molar-refractivity contribution in [1.82, 2.24) is 15.2 Å². The number of hydrogen-bond acceptors (Lipinski definition) is 2. The second-order valence-corrected chi connectivity index (χ2v) is 13.0. The van der Waals surface area contributed by atoms with Gasteiger partial charge in [0.1, 0.15) is 15.9 Å². The van der Waals surface area contributed by atoms with E-state index in [9.17, 15) is 0 Å². The Morgan fingerprint density at radius 1 is 0.610 bits per heavy atom. The fraction of sp³-hybridized carbons (Fsp3) is 0.111. The van der Waals surface area contributed by atoms with Gasteiger partial charge < -0.3 is 10.2 Å². The molecule has 0 saturated heterocycles. The smallest absolute Gasteiger partial charge is 0.610 e. The zero-order valence-corrected chi connectivity index (χ0v) is 26.7. The Kier molecular flexibility index (Phi) is 10.6. The third-order valence-electron chi connectivity index (χ3n) is 6.60. The Labute approximate surface area is 259 Å². The van der Waals surface area contributed by atoms with E-state index in [4.69, 9.17) is 0 Å². The van der Waals surface area contributed by atoms with Gasteiger partial charge in [-0.15, -0.1) is 29.3 Å². The molecule has 2 heterocycles. The maximum absolute atomic E-state index is 4.43. The van der Waals surface area contributed by atoms with E-state index < -0.39 is 7.92 Å². The monoisotopic (exact) mass is 733 g/mol. The van der Waals surface area contributed by atoms with Crippen LogP contribution in [0.2, 0.25) is 0 Å². The van der Waals surface area contributed by atoms with E-state index in [1.165, 1.54) is 21.5 Å². The SMILES string of the molecule is CC(C)(C)c1cc(-c2ccccn2)[c-]c(-c2ccn[n-]2)c1.[Pt+2].c1ccc([PH+](c2ccccc2)c2ccccc2)cc1. The van der Waals surface area contributed by atoms with Crippen LogP contribution in [0.15, 0.2) is 140 Å². The molecule has 0 radical (unpaired) electrons. The molecule has 0 bridgehead atoms. The molecule has 0 aliphatic carbocycles. The van der Waals surface area contributed by atoms with Crippen LogP contribution in [-0.4, -0.2) is 10.1 Å². The summed E-state index contributed by atoms with van der Waals surface area (Å²) < 4.78 is 0. The Morgan fingerprint density at radius 3 is 1.56 bits per heavy atom. The number of aromatic nitrogens is 3. The first-order chi connectivity index (χ1) is 19.5. The summed E-state index contributed by atoms with van der Waals surface area (Å²) in [5, 5.41) is 12.4. The first-order valence-electron chi connectivity index (χ1n) is 13.5. The van der Waals surface area contributed by atoms with Crippen molar-refractivity contribution >= 4 is 23.8 Å². The van der Waals surface area contributed by atoms with E-state index in [0.29, 0.717) is 0 Å². The van der Waals surface area contributed by atoms with Gasteiger partial charge in [0.05, 0.1) is 7.92 Å². The first kappa shape index (κ1) is 30.3. The summed E-state index contributed by atoms with van der Waals surface area (Å²) in [6, 6.07) is 48.0. The Bertz CT molecular complexity index is 1510. The maximum Gasteiger partial charge on any atom is 2.00 e. The normalized spacial score (nSPS) is 10.8. The molecule has 6 aromatic rings. The molecule has 206 valence electrons. The molecular formula is C36H33N3PPt+. The van der Waals surface area contributed by atoms with Crippen molar-refractivity contribution in [3.8, 4) is 22.5 Å². The van der Waals surface area contributed by atoms with Gasteiger partial charge in [0.2, 0.25) is 0 Å². The van der Waals surface area contributed by atoms with Crippen LogP contribution in [0.5, 0.6) is 0 Å². The summed E-state index contributed by atoms with van der Waals surface area (Å²) in [5.41, 5.74) is 5.00. The van der Waals surface area contributed by atoms with Gasteiger partial charge in [0, 0.05) is 11.9 Å². The topological polar surface area (TPSA) is 39.9 Å². The minimum atomic E-state index is -0.877. The van der Waals surface area contributed by atoms with Gasteiger partial charge in [-0.25, -0.2) is 0 Å². The van der Waals surface area contributed by atoms with Gasteiger partial charge in [0.15, 0.2) is 0 Å². The molecule has 6 rings (SSSR count). The molecule has 0 spiro atoms. The van der Waals surface area contributed by atoms with Gasteiger partial charge in [-0.2, -0.15) is 5.69 Å². The van der Waals surface area contributed by atoms with Crippen LogP contribution >= 0.6 is 7.92 Å². The van der Waals surface area contributed by atoms with Crippen molar-refractivity contribution in [1.29, 1.82) is 0 Å². The summed E-state index contributed by atoms with van der Waals surface area (Å²) in [5.74, 6) is 0. The standard InChI is InChI=1S/C18H17N3.C18H15P.Pt/c1-18(2,3)15-11-13(16-6-4-5-8-19-16)10-14(12-15)17-7-9-20-21-17;1-4-10-16(11-5-1)19(17-12-6-2-7-13-17)18-14-8-3-9-15-18;/h4-9,11-12H,1-3H3;1-15H;/q-2;;+2/p+1. The van der Waals surface area contributed by atoms with E-state index in [-0.39, 0.29) is 26.5 Å². The van der Waals surface area contributed by atoms with Crippen LogP contribution in [0.4, 0.5) is 0 Å². The van der Waals surface area contributed by atoms with Crippen molar-refractivity contribution in [2.75, 3.05) is 0 Å². The molecule has 41 heavy (non-hydrogen) atoms. The molecule has 0 aliphatic heterocycles. The van der Waals surface area contributed by atoms with Crippen LogP contribution in [0.25, 0.3) is 22.5 Å². The Morgan fingerprint density at radius 2 is 1.12 bits per heavy atom. The number of pyridine rings is 1. The predicted octanol–water partition coefficient (Wildman–Crippen LogP) is 7.04. The van der Waals surface area contributed by atoms with E-state index in [1.807, 2.05) is 24.3 Å². The van der Waals surface area contributed by atoms with Crippen LogP contribution in [0.1, 0.15) is 26.3 Å². The third kappa shape index (κ3) is 7.98. The largest absolute Gasteiger partial charge is 2.00 e. The summed E-state index contributed by atoms with van der Waals surface area (Å²) in [4.78, 5) is 4.43. The molecule has 0 saturated carbocycles. The minimum Gasteiger partial charge on any atom is -0.610 e. The van der Waals surface area contributed by atoms with Crippen LogP contribution in [0.3, 0.4) is 0 Å². The van der Waals surface area contributed by atoms with Crippen molar-refractivity contribution < 1.29 is 21.1 Å². The van der Waals surface area contributed by atoms with E-state index in [2.05, 4.69) is 145 Å². The molecule has 0 atom stereocenters. The van der Waals surface area contributed by atoms with Crippen molar-refractivity contribution in [2.45, 2.75) is 26.2 Å². The summed E-state index contributed by atoms with van der Waals surface area (Å²) >= 11 is 0. The molecule has 0 fully saturated rings. The van der Waals surface area contributed by atoms with Crippen molar-refractivity contribution in [3.05, 3.63) is 151 Å². The Hall–Kier alpha value is -3.64. The second-order valence-electron chi connectivity index (χ2n) is 10.6. The first-order valence-corrected chi connectivity index (χ1v) is 15.0. The van der Waals surface area contributed by atoms with Gasteiger partial charge in [-0.1, -0.05) is 99.1 Å². The van der Waals surface area contributed by atoms with Gasteiger partial charge in [-0.3, -0.25) is 4.98 Å². The van der Waals surface area contributed by atoms with E-state index in [1.54, 1.807) is 12.4 Å². The van der Waals surface area contributed by atoms with Crippen molar-refractivity contribution in [3.63, 3.8) is 0 Å². The average molecular weight is 734 g/mol. The number of hydrogen-bond donors (Lipinski definition) is 0. The fourth-order valence-electron chi connectivity index (χ4n) is 4.49. The molecule has 5 heteroatoms. The summed E-state index contributed by atoms with van der Waals surface area (Å²) in [6.07, 6.45) is 3.50. The van der Waals surface area contributed by atoms with E-state index in [0.717, 1.165) is 22.5 Å². The third-order valence-corrected chi connectivity index (χ3v) is 9.34. The predicted molar refractivity (Wildman–Crippen MR) is 170 cm³/mol. The number of benzene rings is 4. The zero-order valence-electron chi connectivity index (χ0n) is 23.4. The molecule has 2 aromatic heterocycles. The van der Waals surface area contributed by atoms with Crippen LogP contribution in [0, 0.1) is 6.07 Å². The molecule has 3 nitrogen and oxygen atoms in total. The van der Waals surface area contributed by atoms with Gasteiger partial charge >= 0.3 is 21.1 Å². The average Bonchev–Trinajstić information content (AvgIpc) is 3.55. The minimum absolute atomic E-state index is 0. The molecule has 0 N–H and O–H groups in total. The zero-order chi connectivity index (χ0) is 27.8. The molecule has 0 amide bonds. The Balaban J connectivity index is 0.000000185. The van der Waals surface area contributed by atoms with E-state index >= 15 is 0 Å². The number of nitrogens with zero attached hydrogens (tertiary/aromatic N) is 3. The fourth-order valence-corrected chi connectivity index (χ4v) is 7.07. The summed E-state index contributed by atoms with van der Waals surface area (Å²) in [7, 11) is -0.877. The quantitative estimate of drug-likeness (QED) is 0.141. The van der Waals surface area contributed by atoms with Gasteiger partial charge in [-0.05, 0) is 54.1 Å². The maximum atomic E-state index is 4.43. The second kappa shape index (κ2) is 14.3.